The minimum Gasteiger partial charge on any atom is -0.462 e. The van der Waals surface area contributed by atoms with Crippen molar-refractivity contribution in [2.45, 2.75) is 108 Å². The van der Waals surface area contributed by atoms with Gasteiger partial charge in [0.25, 0.3) is 0 Å². The molecule has 0 heterocycles. The Hall–Kier alpha value is -3.16. The van der Waals surface area contributed by atoms with Gasteiger partial charge in [0.15, 0.2) is 11.6 Å². The van der Waals surface area contributed by atoms with Gasteiger partial charge >= 0.3 is 24.5 Å². The van der Waals surface area contributed by atoms with Crippen LogP contribution >= 0.6 is 0 Å². The van der Waals surface area contributed by atoms with Crippen molar-refractivity contribution in [3.8, 4) is 11.5 Å². The SMILES string of the molecule is CCCCc1ccc(C(F)(F)OC2CCC(C(=O)OC3CCC(C(F)(F)Oc4ccc(OC(F)(F)F)c(F)c4)CC3)CC2)c(F)c1. The standard InChI is InChI=1S/C32H35F9O5/c1-2-3-4-19-5-15-25(26(33)17-19)31(37,38)44-23-10-6-20(7-11-23)29(42)43-22-12-8-21(9-13-22)30(35,36)45-24-14-16-28(27(34)18-24)46-32(39,40)41/h5,14-18,20-23H,2-4,6-13H2,1H3. The summed E-state index contributed by atoms with van der Waals surface area (Å²) in [5.41, 5.74) is -0.223. The molecule has 2 saturated carbocycles. The summed E-state index contributed by atoms with van der Waals surface area (Å²) in [6.45, 7) is 1.97. The van der Waals surface area contributed by atoms with Crippen molar-refractivity contribution in [2.75, 3.05) is 0 Å². The molecule has 0 spiro atoms. The van der Waals surface area contributed by atoms with Gasteiger partial charge in [0.2, 0.25) is 0 Å². The predicted molar refractivity (Wildman–Crippen MR) is 146 cm³/mol. The Morgan fingerprint density at radius 2 is 1.43 bits per heavy atom. The van der Waals surface area contributed by atoms with Gasteiger partial charge in [0, 0.05) is 6.07 Å². The second kappa shape index (κ2) is 14.7. The summed E-state index contributed by atoms with van der Waals surface area (Å²) in [6, 6.07) is 5.22. The first kappa shape index (κ1) is 35.7. The van der Waals surface area contributed by atoms with E-state index in [-0.39, 0.29) is 51.4 Å². The van der Waals surface area contributed by atoms with Gasteiger partial charge in [-0.15, -0.1) is 13.2 Å². The first-order valence-corrected chi connectivity index (χ1v) is 15.2. The van der Waals surface area contributed by atoms with Crippen molar-refractivity contribution in [2.24, 2.45) is 11.8 Å². The number of carbonyl (C=O) groups excluding carboxylic acids is 1. The lowest BCUT2D eigenvalue weighted by Gasteiger charge is -2.34. The number of esters is 1. The highest BCUT2D eigenvalue weighted by atomic mass is 19.4. The summed E-state index contributed by atoms with van der Waals surface area (Å²) in [7, 11) is 0. The number of alkyl halides is 7. The van der Waals surface area contributed by atoms with Crippen LogP contribution in [-0.2, 0) is 26.8 Å². The Bertz CT molecular complexity index is 1320. The van der Waals surface area contributed by atoms with E-state index in [1.165, 1.54) is 6.07 Å². The van der Waals surface area contributed by atoms with Crippen LogP contribution in [0.1, 0.15) is 82.3 Å². The molecule has 0 atom stereocenters. The van der Waals surface area contributed by atoms with E-state index in [4.69, 9.17) is 9.47 Å². The van der Waals surface area contributed by atoms with Crippen molar-refractivity contribution in [1.82, 2.24) is 0 Å². The van der Waals surface area contributed by atoms with Crippen molar-refractivity contribution in [1.29, 1.82) is 0 Å². The molecule has 2 aromatic carbocycles. The highest BCUT2D eigenvalue weighted by Crippen LogP contribution is 2.41. The average Bonchev–Trinajstić information content (AvgIpc) is 2.97. The Balaban J connectivity index is 1.21. The first-order valence-electron chi connectivity index (χ1n) is 15.2. The van der Waals surface area contributed by atoms with Crippen molar-refractivity contribution >= 4 is 5.97 Å². The normalized spacial score (nSPS) is 22.7. The fourth-order valence-corrected chi connectivity index (χ4v) is 5.79. The number of halogens is 9. The van der Waals surface area contributed by atoms with Crippen molar-refractivity contribution < 1.29 is 63.3 Å². The van der Waals surface area contributed by atoms with E-state index in [9.17, 15) is 44.3 Å². The maximum atomic E-state index is 14.8. The van der Waals surface area contributed by atoms with Crippen LogP contribution in [0.25, 0.3) is 0 Å². The second-order valence-electron chi connectivity index (χ2n) is 11.7. The third-order valence-electron chi connectivity index (χ3n) is 8.30. The van der Waals surface area contributed by atoms with E-state index in [1.54, 1.807) is 0 Å². The minimum absolute atomic E-state index is 0.0789. The van der Waals surface area contributed by atoms with Gasteiger partial charge in [0.1, 0.15) is 17.7 Å². The highest BCUT2D eigenvalue weighted by Gasteiger charge is 2.45. The number of unbranched alkanes of at least 4 members (excludes halogenated alkanes) is 1. The van der Waals surface area contributed by atoms with Crippen LogP contribution in [0.5, 0.6) is 11.5 Å². The van der Waals surface area contributed by atoms with Crippen LogP contribution in [0, 0.1) is 23.5 Å². The minimum atomic E-state index is -5.16. The third-order valence-corrected chi connectivity index (χ3v) is 8.30. The van der Waals surface area contributed by atoms with E-state index in [0.717, 1.165) is 31.0 Å². The molecule has 14 heteroatoms. The summed E-state index contributed by atoms with van der Waals surface area (Å²) >= 11 is 0. The van der Waals surface area contributed by atoms with E-state index < -0.39 is 77.3 Å². The smallest absolute Gasteiger partial charge is 0.462 e. The molecule has 0 aliphatic heterocycles. The molecule has 0 aromatic heterocycles. The lowest BCUT2D eigenvalue weighted by atomic mass is 9.85. The molecular weight excluding hydrogens is 635 g/mol. The zero-order valence-corrected chi connectivity index (χ0v) is 25.0. The molecule has 0 amide bonds. The molecule has 4 rings (SSSR count). The topological polar surface area (TPSA) is 54.0 Å². The molecule has 0 N–H and O–H groups in total. The van der Waals surface area contributed by atoms with Gasteiger partial charge < -0.3 is 18.9 Å². The highest BCUT2D eigenvalue weighted by molar-refractivity contribution is 5.72. The van der Waals surface area contributed by atoms with Crippen molar-refractivity contribution in [3.63, 3.8) is 0 Å². The summed E-state index contributed by atoms with van der Waals surface area (Å²) in [5, 5.41) is 0. The fraction of sp³-hybridized carbons (Fsp3) is 0.594. The summed E-state index contributed by atoms with van der Waals surface area (Å²) in [5.74, 6) is -6.94. The fourth-order valence-electron chi connectivity index (χ4n) is 5.79. The van der Waals surface area contributed by atoms with Crippen LogP contribution in [0.2, 0.25) is 0 Å². The maximum absolute atomic E-state index is 14.8. The first-order chi connectivity index (χ1) is 21.6. The lowest BCUT2D eigenvalue weighted by Crippen LogP contribution is -2.39. The Morgan fingerprint density at radius 3 is 2.02 bits per heavy atom. The molecule has 0 saturated heterocycles. The Morgan fingerprint density at radius 1 is 0.783 bits per heavy atom. The molecule has 2 aliphatic rings. The Labute approximate surface area is 260 Å². The van der Waals surface area contributed by atoms with Crippen LogP contribution in [0.4, 0.5) is 39.5 Å². The number of aryl methyl sites for hydroxylation is 1. The molecule has 0 bridgehead atoms. The lowest BCUT2D eigenvalue weighted by molar-refractivity contribution is -0.279. The Kier molecular flexibility index (Phi) is 11.4. The zero-order chi connectivity index (χ0) is 33.7. The van der Waals surface area contributed by atoms with Crippen LogP contribution in [0.15, 0.2) is 36.4 Å². The van der Waals surface area contributed by atoms with E-state index in [0.29, 0.717) is 24.1 Å². The molecule has 2 fully saturated rings. The molecule has 2 aliphatic carbocycles. The number of rotatable bonds is 12. The van der Waals surface area contributed by atoms with Gasteiger partial charge in [0.05, 0.1) is 23.5 Å². The molecule has 5 nitrogen and oxygen atoms in total. The van der Waals surface area contributed by atoms with E-state index in [1.807, 2.05) is 6.92 Å². The quantitative estimate of drug-likeness (QED) is 0.166. The number of carbonyl (C=O) groups is 1. The molecule has 0 radical (unpaired) electrons. The molecule has 46 heavy (non-hydrogen) atoms. The number of hydrogen-bond acceptors (Lipinski definition) is 5. The van der Waals surface area contributed by atoms with E-state index in [2.05, 4.69) is 9.47 Å². The van der Waals surface area contributed by atoms with Crippen LogP contribution < -0.4 is 9.47 Å². The molecule has 0 unspecified atom stereocenters. The van der Waals surface area contributed by atoms with Gasteiger partial charge in [-0.3, -0.25) is 4.79 Å². The summed E-state index contributed by atoms with van der Waals surface area (Å²) in [4.78, 5) is 12.7. The predicted octanol–water partition coefficient (Wildman–Crippen LogP) is 9.60. The third kappa shape index (κ3) is 9.68. The number of benzene rings is 2. The zero-order valence-electron chi connectivity index (χ0n) is 25.0. The van der Waals surface area contributed by atoms with Crippen molar-refractivity contribution in [3.05, 3.63) is 59.2 Å². The van der Waals surface area contributed by atoms with Gasteiger partial charge in [-0.2, -0.15) is 17.6 Å². The average molecular weight is 671 g/mol. The van der Waals surface area contributed by atoms with Gasteiger partial charge in [-0.1, -0.05) is 19.4 Å². The molecule has 256 valence electrons. The van der Waals surface area contributed by atoms with Gasteiger partial charge in [-0.25, -0.2) is 8.78 Å². The molecule has 2 aromatic rings. The molecular formula is C32H35F9O5. The summed E-state index contributed by atoms with van der Waals surface area (Å²) in [6.07, 6.45) is -11.5. The van der Waals surface area contributed by atoms with E-state index >= 15 is 0 Å². The number of ether oxygens (including phenoxy) is 4. The number of hydrogen-bond donors (Lipinski definition) is 0. The maximum Gasteiger partial charge on any atom is 0.573 e. The summed E-state index contributed by atoms with van der Waals surface area (Å²) < 4.78 is 143. The second-order valence-corrected chi connectivity index (χ2v) is 11.7. The van der Waals surface area contributed by atoms with Crippen LogP contribution in [0.3, 0.4) is 0 Å². The van der Waals surface area contributed by atoms with Crippen LogP contribution in [-0.4, -0.2) is 30.6 Å². The monoisotopic (exact) mass is 670 g/mol. The largest absolute Gasteiger partial charge is 0.573 e. The van der Waals surface area contributed by atoms with Gasteiger partial charge in [-0.05, 0) is 94.0 Å².